The summed E-state index contributed by atoms with van der Waals surface area (Å²) in [6, 6.07) is 3.78. The van der Waals surface area contributed by atoms with Gasteiger partial charge < -0.3 is 20.5 Å². The van der Waals surface area contributed by atoms with Crippen LogP contribution in [0.3, 0.4) is 0 Å². The first-order valence-corrected chi connectivity index (χ1v) is 9.06. The normalized spacial score (nSPS) is 11.3. The number of aromatic nitrogens is 2. The summed E-state index contributed by atoms with van der Waals surface area (Å²) >= 11 is 5.57. The number of nitrogens with zero attached hydrogens (tertiary/aromatic N) is 2. The SMILES string of the molecule is C=C(C[C@H](O)C(=C)NC(=O)c1cncc(C)n1)NC(=O)COc1ccc(Cl)c(F)c1. The Morgan fingerprint density at radius 3 is 2.70 bits per heavy atom. The summed E-state index contributed by atoms with van der Waals surface area (Å²) in [5.74, 6) is -1.67. The van der Waals surface area contributed by atoms with E-state index in [1.807, 2.05) is 0 Å². The number of hydrogen-bond acceptors (Lipinski definition) is 6. The Balaban J connectivity index is 1.78. The van der Waals surface area contributed by atoms with Crippen LogP contribution >= 0.6 is 11.6 Å². The number of halogens is 2. The fraction of sp³-hybridized carbons (Fsp3) is 0.200. The van der Waals surface area contributed by atoms with Crippen molar-refractivity contribution in [2.45, 2.75) is 19.4 Å². The Morgan fingerprint density at radius 1 is 1.30 bits per heavy atom. The minimum Gasteiger partial charge on any atom is -0.484 e. The molecule has 0 unspecified atom stereocenters. The molecule has 0 aliphatic rings. The highest BCUT2D eigenvalue weighted by molar-refractivity contribution is 6.30. The van der Waals surface area contributed by atoms with E-state index in [-0.39, 0.29) is 34.3 Å². The zero-order valence-corrected chi connectivity index (χ0v) is 16.9. The maximum Gasteiger partial charge on any atom is 0.275 e. The lowest BCUT2D eigenvalue weighted by atomic mass is 10.1. The molecule has 0 aliphatic carbocycles. The summed E-state index contributed by atoms with van der Waals surface area (Å²) in [6.07, 6.45) is 1.49. The van der Waals surface area contributed by atoms with Crippen molar-refractivity contribution in [1.29, 1.82) is 0 Å². The fourth-order valence-corrected chi connectivity index (χ4v) is 2.34. The van der Waals surface area contributed by atoms with Crippen molar-refractivity contribution in [3.8, 4) is 5.75 Å². The van der Waals surface area contributed by atoms with Crippen molar-refractivity contribution in [1.82, 2.24) is 20.6 Å². The van der Waals surface area contributed by atoms with E-state index in [9.17, 15) is 19.1 Å². The first-order chi connectivity index (χ1) is 14.2. The number of aliphatic hydroxyl groups excluding tert-OH is 1. The number of aliphatic hydroxyl groups is 1. The van der Waals surface area contributed by atoms with Gasteiger partial charge >= 0.3 is 0 Å². The van der Waals surface area contributed by atoms with Crippen LogP contribution in [0.25, 0.3) is 0 Å². The standard InChI is InChI=1S/C20H20ClFN4O4/c1-11(25-19(28)10-30-14-4-5-15(21)16(22)7-14)6-18(27)13(3)26-20(29)17-9-23-8-12(2)24-17/h4-5,7-9,18,27H,1,3,6,10H2,2H3,(H,25,28)(H,26,29)/t18-/m0/s1. The second kappa shape index (κ2) is 10.5. The van der Waals surface area contributed by atoms with Crippen LogP contribution in [0, 0.1) is 12.7 Å². The third-order valence-corrected chi connectivity index (χ3v) is 3.99. The van der Waals surface area contributed by atoms with Crippen LogP contribution in [-0.4, -0.2) is 39.6 Å². The molecule has 0 aliphatic heterocycles. The van der Waals surface area contributed by atoms with Gasteiger partial charge in [-0.25, -0.2) is 9.37 Å². The number of carbonyl (C=O) groups is 2. The van der Waals surface area contributed by atoms with Crippen LogP contribution in [0.15, 0.2) is 55.1 Å². The number of nitrogens with one attached hydrogen (secondary N) is 2. The number of ether oxygens (including phenoxy) is 1. The summed E-state index contributed by atoms with van der Waals surface area (Å²) in [4.78, 5) is 31.9. The second-order valence-corrected chi connectivity index (χ2v) is 6.67. The van der Waals surface area contributed by atoms with E-state index in [0.29, 0.717) is 5.69 Å². The average molecular weight is 435 g/mol. The number of aryl methyl sites for hydroxylation is 1. The van der Waals surface area contributed by atoms with Crippen molar-refractivity contribution >= 4 is 23.4 Å². The van der Waals surface area contributed by atoms with E-state index < -0.39 is 30.3 Å². The molecule has 158 valence electrons. The Hall–Kier alpha value is -3.30. The molecule has 10 heteroatoms. The molecule has 2 rings (SSSR count). The van der Waals surface area contributed by atoms with Gasteiger partial charge in [0.05, 0.1) is 23.0 Å². The van der Waals surface area contributed by atoms with Crippen LogP contribution in [0.5, 0.6) is 5.75 Å². The quantitative estimate of drug-likeness (QED) is 0.558. The maximum atomic E-state index is 13.4. The Labute approximate surface area is 177 Å². The van der Waals surface area contributed by atoms with Gasteiger partial charge in [0.15, 0.2) is 6.61 Å². The molecule has 30 heavy (non-hydrogen) atoms. The van der Waals surface area contributed by atoms with E-state index in [1.165, 1.54) is 24.5 Å². The van der Waals surface area contributed by atoms with Gasteiger partial charge in [-0.3, -0.25) is 14.6 Å². The fourth-order valence-electron chi connectivity index (χ4n) is 2.22. The lowest BCUT2D eigenvalue weighted by molar-refractivity contribution is -0.122. The molecule has 1 aromatic carbocycles. The average Bonchev–Trinajstić information content (AvgIpc) is 2.68. The topological polar surface area (TPSA) is 113 Å². The molecule has 0 fully saturated rings. The molecule has 0 spiro atoms. The monoisotopic (exact) mass is 434 g/mol. The van der Waals surface area contributed by atoms with Crippen molar-refractivity contribution < 1.29 is 23.8 Å². The summed E-state index contributed by atoms with van der Waals surface area (Å²) in [5, 5.41) is 15.0. The lowest BCUT2D eigenvalue weighted by Crippen LogP contribution is -2.33. The van der Waals surface area contributed by atoms with Crippen LogP contribution in [-0.2, 0) is 4.79 Å². The molecule has 0 saturated heterocycles. The highest BCUT2D eigenvalue weighted by Gasteiger charge is 2.16. The molecular formula is C20H20ClFN4O4. The van der Waals surface area contributed by atoms with Gasteiger partial charge in [-0.15, -0.1) is 0 Å². The van der Waals surface area contributed by atoms with Gasteiger partial charge in [0.25, 0.3) is 11.8 Å². The lowest BCUT2D eigenvalue weighted by Gasteiger charge is -2.17. The molecule has 0 radical (unpaired) electrons. The maximum absolute atomic E-state index is 13.4. The summed E-state index contributed by atoms with van der Waals surface area (Å²) < 4.78 is 18.5. The second-order valence-electron chi connectivity index (χ2n) is 6.26. The summed E-state index contributed by atoms with van der Waals surface area (Å²) in [7, 11) is 0. The zero-order valence-electron chi connectivity index (χ0n) is 16.1. The van der Waals surface area contributed by atoms with Gasteiger partial charge in [0, 0.05) is 30.1 Å². The van der Waals surface area contributed by atoms with E-state index in [0.717, 1.165) is 6.07 Å². The van der Waals surface area contributed by atoms with Crippen molar-refractivity contribution in [3.63, 3.8) is 0 Å². The van der Waals surface area contributed by atoms with Crippen molar-refractivity contribution in [2.75, 3.05) is 6.61 Å². The number of rotatable bonds is 9. The third kappa shape index (κ3) is 6.94. The summed E-state index contributed by atoms with van der Waals surface area (Å²) in [6.45, 7) is 8.54. The van der Waals surface area contributed by atoms with Crippen LogP contribution in [0.2, 0.25) is 5.02 Å². The van der Waals surface area contributed by atoms with Gasteiger partial charge in [-0.05, 0) is 19.1 Å². The molecule has 2 aromatic rings. The zero-order chi connectivity index (χ0) is 22.3. The largest absolute Gasteiger partial charge is 0.484 e. The molecule has 1 heterocycles. The molecule has 0 saturated carbocycles. The predicted octanol–water partition coefficient (Wildman–Crippen LogP) is 2.28. The number of benzene rings is 1. The molecule has 8 nitrogen and oxygen atoms in total. The van der Waals surface area contributed by atoms with Crippen LogP contribution < -0.4 is 15.4 Å². The van der Waals surface area contributed by atoms with E-state index in [2.05, 4.69) is 33.8 Å². The number of amides is 2. The predicted molar refractivity (Wildman–Crippen MR) is 108 cm³/mol. The molecule has 0 bridgehead atoms. The summed E-state index contributed by atoms with van der Waals surface area (Å²) in [5.41, 5.74) is 0.815. The smallest absolute Gasteiger partial charge is 0.275 e. The Kier molecular flexibility index (Phi) is 8.02. The van der Waals surface area contributed by atoms with E-state index in [1.54, 1.807) is 6.92 Å². The highest BCUT2D eigenvalue weighted by atomic mass is 35.5. The number of hydrogen-bond donors (Lipinski definition) is 3. The highest BCUT2D eigenvalue weighted by Crippen LogP contribution is 2.20. The molecule has 2 amide bonds. The van der Waals surface area contributed by atoms with Crippen molar-refractivity contribution in [3.05, 3.63) is 77.4 Å². The number of carbonyl (C=O) groups excluding carboxylic acids is 2. The van der Waals surface area contributed by atoms with Gasteiger partial charge in [0.2, 0.25) is 0 Å². The first-order valence-electron chi connectivity index (χ1n) is 8.68. The van der Waals surface area contributed by atoms with Gasteiger partial charge in [-0.2, -0.15) is 0 Å². The molecule has 3 N–H and O–H groups in total. The molecule has 1 atom stereocenters. The Morgan fingerprint density at radius 2 is 2.03 bits per heavy atom. The minimum absolute atomic E-state index is 0.00611. The first kappa shape index (κ1) is 23.0. The molecular weight excluding hydrogens is 415 g/mol. The van der Waals surface area contributed by atoms with Crippen LogP contribution in [0.1, 0.15) is 22.6 Å². The third-order valence-electron chi connectivity index (χ3n) is 3.68. The van der Waals surface area contributed by atoms with E-state index in [4.69, 9.17) is 16.3 Å². The van der Waals surface area contributed by atoms with Crippen molar-refractivity contribution in [2.24, 2.45) is 0 Å². The van der Waals surface area contributed by atoms with E-state index >= 15 is 0 Å². The van der Waals surface area contributed by atoms with Gasteiger partial charge in [-0.1, -0.05) is 24.8 Å². The minimum atomic E-state index is -1.20. The van der Waals surface area contributed by atoms with Gasteiger partial charge in [0.1, 0.15) is 17.3 Å². The van der Waals surface area contributed by atoms with Crippen LogP contribution in [0.4, 0.5) is 4.39 Å². The molecule has 1 aromatic heterocycles. The Bertz CT molecular complexity index is 983.